The van der Waals surface area contributed by atoms with Crippen molar-refractivity contribution in [2.24, 2.45) is 0 Å². The van der Waals surface area contributed by atoms with E-state index in [2.05, 4.69) is 20.2 Å². The molecular weight excluding hydrogens is 292 g/mol. The minimum Gasteiger partial charge on any atom is -0.326 e. The summed E-state index contributed by atoms with van der Waals surface area (Å²) in [6.45, 7) is 1.67. The van der Waals surface area contributed by atoms with E-state index >= 15 is 0 Å². The van der Waals surface area contributed by atoms with Gasteiger partial charge >= 0.3 is 0 Å². The fourth-order valence-corrected chi connectivity index (χ4v) is 2.78. The second-order valence-corrected chi connectivity index (χ2v) is 6.20. The molecule has 0 saturated heterocycles. The zero-order valence-electron chi connectivity index (χ0n) is 11.5. The van der Waals surface area contributed by atoms with Crippen LogP contribution in [0.5, 0.6) is 0 Å². The monoisotopic (exact) mass is 308 g/mol. The maximum absolute atomic E-state index is 12.1. The fraction of sp³-hybridized carbons (Fsp3) is 0.231. The van der Waals surface area contributed by atoms with Gasteiger partial charge in [0, 0.05) is 37.5 Å². The van der Waals surface area contributed by atoms with Crippen molar-refractivity contribution in [2.75, 3.05) is 11.9 Å². The van der Waals surface area contributed by atoms with Crippen molar-refractivity contribution in [3.05, 3.63) is 42.2 Å². The first-order chi connectivity index (χ1) is 9.97. The SMILES string of the molecule is CC(=O)Nc1ccc(S(=O)(=O)NCCc2ccn[nH]2)cc1. The van der Waals surface area contributed by atoms with Crippen LogP contribution in [-0.2, 0) is 21.2 Å². The van der Waals surface area contributed by atoms with Gasteiger partial charge in [0.15, 0.2) is 0 Å². The molecule has 2 aromatic rings. The average molecular weight is 308 g/mol. The molecule has 112 valence electrons. The summed E-state index contributed by atoms with van der Waals surface area (Å²) in [7, 11) is -3.56. The Labute approximate surface area is 122 Å². The van der Waals surface area contributed by atoms with Crippen LogP contribution in [0.25, 0.3) is 0 Å². The molecule has 1 aromatic carbocycles. The molecule has 0 saturated carbocycles. The molecule has 3 N–H and O–H groups in total. The molecule has 7 nitrogen and oxygen atoms in total. The van der Waals surface area contributed by atoms with Gasteiger partial charge in [0.1, 0.15) is 0 Å². The average Bonchev–Trinajstić information content (AvgIpc) is 2.91. The third-order valence-electron chi connectivity index (χ3n) is 2.73. The number of carbonyl (C=O) groups is 1. The lowest BCUT2D eigenvalue weighted by atomic mass is 10.3. The Balaban J connectivity index is 1.96. The molecule has 0 aliphatic rings. The Kier molecular flexibility index (Phi) is 4.71. The molecule has 0 bridgehead atoms. The molecule has 1 aromatic heterocycles. The molecule has 8 heteroatoms. The summed E-state index contributed by atoms with van der Waals surface area (Å²) in [4.78, 5) is 11.1. The van der Waals surface area contributed by atoms with Crippen LogP contribution in [0.4, 0.5) is 5.69 Å². The molecule has 2 rings (SSSR count). The van der Waals surface area contributed by atoms with E-state index in [9.17, 15) is 13.2 Å². The van der Waals surface area contributed by atoms with Gasteiger partial charge in [-0.1, -0.05) is 0 Å². The molecule has 1 amide bonds. The van der Waals surface area contributed by atoms with Crippen LogP contribution in [0.1, 0.15) is 12.6 Å². The van der Waals surface area contributed by atoms with Crippen molar-refractivity contribution in [1.29, 1.82) is 0 Å². The highest BCUT2D eigenvalue weighted by Crippen LogP contribution is 2.13. The standard InChI is InChI=1S/C13H16N4O3S/c1-10(18)16-11-2-4-13(5-3-11)21(19,20)15-9-7-12-6-8-14-17-12/h2-6,8,15H,7,9H2,1H3,(H,14,17)(H,16,18). The summed E-state index contributed by atoms with van der Waals surface area (Å²) < 4.78 is 26.7. The van der Waals surface area contributed by atoms with E-state index < -0.39 is 10.0 Å². The second kappa shape index (κ2) is 6.51. The van der Waals surface area contributed by atoms with Gasteiger partial charge in [0.05, 0.1) is 4.90 Å². The van der Waals surface area contributed by atoms with Crippen LogP contribution in [0.15, 0.2) is 41.4 Å². The largest absolute Gasteiger partial charge is 0.326 e. The first-order valence-electron chi connectivity index (χ1n) is 6.33. The molecule has 1 heterocycles. The normalized spacial score (nSPS) is 11.3. The number of aromatic amines is 1. The lowest BCUT2D eigenvalue weighted by Crippen LogP contribution is -2.26. The zero-order chi connectivity index (χ0) is 15.3. The van der Waals surface area contributed by atoms with Crippen molar-refractivity contribution in [2.45, 2.75) is 18.2 Å². The number of nitrogens with zero attached hydrogens (tertiary/aromatic N) is 1. The Morgan fingerprint density at radius 1 is 1.24 bits per heavy atom. The lowest BCUT2D eigenvalue weighted by Gasteiger charge is -2.07. The molecule has 0 atom stereocenters. The van der Waals surface area contributed by atoms with Crippen molar-refractivity contribution >= 4 is 21.6 Å². The minimum atomic E-state index is -3.56. The Hall–Kier alpha value is -2.19. The van der Waals surface area contributed by atoms with E-state index in [0.717, 1.165) is 5.69 Å². The number of carbonyl (C=O) groups excluding carboxylic acids is 1. The van der Waals surface area contributed by atoms with Crippen LogP contribution in [0.2, 0.25) is 0 Å². The second-order valence-electron chi connectivity index (χ2n) is 4.44. The zero-order valence-corrected chi connectivity index (χ0v) is 12.3. The minimum absolute atomic E-state index is 0.154. The van der Waals surface area contributed by atoms with Gasteiger partial charge < -0.3 is 5.32 Å². The number of hydrogen-bond acceptors (Lipinski definition) is 4. The highest BCUT2D eigenvalue weighted by molar-refractivity contribution is 7.89. The van der Waals surface area contributed by atoms with Gasteiger partial charge in [-0.3, -0.25) is 9.89 Å². The van der Waals surface area contributed by atoms with Crippen molar-refractivity contribution in [3.8, 4) is 0 Å². The third kappa shape index (κ3) is 4.40. The molecule has 0 unspecified atom stereocenters. The number of sulfonamides is 1. The van der Waals surface area contributed by atoms with Gasteiger partial charge in [0.2, 0.25) is 15.9 Å². The van der Waals surface area contributed by atoms with Crippen molar-refractivity contribution in [1.82, 2.24) is 14.9 Å². The Morgan fingerprint density at radius 2 is 1.95 bits per heavy atom. The highest BCUT2D eigenvalue weighted by atomic mass is 32.2. The number of rotatable bonds is 6. The maximum atomic E-state index is 12.1. The molecule has 21 heavy (non-hydrogen) atoms. The Bertz CT molecular complexity index is 694. The first kappa shape index (κ1) is 15.2. The fourth-order valence-electron chi connectivity index (χ4n) is 1.75. The highest BCUT2D eigenvalue weighted by Gasteiger charge is 2.13. The lowest BCUT2D eigenvalue weighted by molar-refractivity contribution is -0.114. The number of amides is 1. The summed E-state index contributed by atoms with van der Waals surface area (Å²) in [5.41, 5.74) is 1.41. The summed E-state index contributed by atoms with van der Waals surface area (Å²) in [6, 6.07) is 7.78. The predicted octanol–water partition coefficient (Wildman–Crippen LogP) is 0.889. The quantitative estimate of drug-likeness (QED) is 0.737. The summed E-state index contributed by atoms with van der Waals surface area (Å²) in [5, 5.41) is 9.14. The number of hydrogen-bond donors (Lipinski definition) is 3. The van der Waals surface area contributed by atoms with E-state index in [1.165, 1.54) is 19.1 Å². The van der Waals surface area contributed by atoms with Crippen LogP contribution >= 0.6 is 0 Å². The van der Waals surface area contributed by atoms with E-state index in [1.807, 2.05) is 0 Å². The number of aromatic nitrogens is 2. The summed E-state index contributed by atoms with van der Waals surface area (Å²) in [5.74, 6) is -0.205. The smallest absolute Gasteiger partial charge is 0.240 e. The maximum Gasteiger partial charge on any atom is 0.240 e. The predicted molar refractivity (Wildman–Crippen MR) is 78.2 cm³/mol. The number of anilines is 1. The van der Waals surface area contributed by atoms with Crippen LogP contribution in [0, 0.1) is 0 Å². The summed E-state index contributed by atoms with van der Waals surface area (Å²) >= 11 is 0. The van der Waals surface area contributed by atoms with Gasteiger partial charge in [-0.2, -0.15) is 5.10 Å². The molecule has 0 spiro atoms. The van der Waals surface area contributed by atoms with Crippen molar-refractivity contribution in [3.63, 3.8) is 0 Å². The number of benzene rings is 1. The number of H-pyrrole nitrogens is 1. The van der Waals surface area contributed by atoms with Crippen LogP contribution in [0.3, 0.4) is 0 Å². The number of nitrogens with one attached hydrogen (secondary N) is 3. The molecule has 0 fully saturated rings. The van der Waals surface area contributed by atoms with Gasteiger partial charge in [-0.15, -0.1) is 0 Å². The van der Waals surface area contributed by atoms with Gasteiger partial charge in [-0.25, -0.2) is 13.1 Å². The van der Waals surface area contributed by atoms with Gasteiger partial charge in [0.25, 0.3) is 0 Å². The Morgan fingerprint density at radius 3 is 2.52 bits per heavy atom. The topological polar surface area (TPSA) is 104 Å². The molecule has 0 aliphatic carbocycles. The first-order valence-corrected chi connectivity index (χ1v) is 7.81. The van der Waals surface area contributed by atoms with Crippen LogP contribution in [-0.4, -0.2) is 31.1 Å². The molecule has 0 radical (unpaired) electrons. The summed E-state index contributed by atoms with van der Waals surface area (Å²) in [6.07, 6.45) is 2.15. The molecule has 0 aliphatic heterocycles. The van der Waals surface area contributed by atoms with E-state index in [0.29, 0.717) is 12.1 Å². The van der Waals surface area contributed by atoms with Crippen molar-refractivity contribution < 1.29 is 13.2 Å². The van der Waals surface area contributed by atoms with Gasteiger partial charge in [-0.05, 0) is 30.3 Å². The van der Waals surface area contributed by atoms with Crippen LogP contribution < -0.4 is 10.0 Å². The molecular formula is C13H16N4O3S. The van der Waals surface area contributed by atoms with E-state index in [4.69, 9.17) is 0 Å². The van der Waals surface area contributed by atoms with E-state index in [1.54, 1.807) is 24.4 Å². The van der Waals surface area contributed by atoms with E-state index in [-0.39, 0.29) is 17.3 Å². The third-order valence-corrected chi connectivity index (χ3v) is 4.21.